The second kappa shape index (κ2) is 4.67. The van der Waals surface area contributed by atoms with Gasteiger partial charge in [0.25, 0.3) is 0 Å². The molecule has 2 nitrogen and oxygen atoms in total. The van der Waals surface area contributed by atoms with E-state index in [1.54, 1.807) is 6.92 Å². The van der Waals surface area contributed by atoms with E-state index in [1.807, 2.05) is 24.3 Å². The molecule has 2 aromatic rings. The van der Waals surface area contributed by atoms with E-state index < -0.39 is 0 Å². The van der Waals surface area contributed by atoms with Crippen LogP contribution in [0, 0.1) is 11.8 Å². The summed E-state index contributed by atoms with van der Waals surface area (Å²) in [4.78, 5) is 11.9. The molecule has 0 saturated carbocycles. The van der Waals surface area contributed by atoms with Crippen molar-refractivity contribution in [2.45, 2.75) is 19.8 Å². The molecule has 80 valence electrons. The first-order chi connectivity index (χ1) is 7.83. The van der Waals surface area contributed by atoms with Crippen molar-refractivity contribution >= 4 is 16.8 Å². The van der Waals surface area contributed by atoms with E-state index >= 15 is 0 Å². The summed E-state index contributed by atoms with van der Waals surface area (Å²) in [7, 11) is 0. The summed E-state index contributed by atoms with van der Waals surface area (Å²) in [6, 6.07) is 7.55. The van der Waals surface area contributed by atoms with Crippen LogP contribution in [0.2, 0.25) is 0 Å². The number of benzene rings is 1. The Labute approximate surface area is 94.3 Å². The Morgan fingerprint density at radius 1 is 1.38 bits per heavy atom. The van der Waals surface area contributed by atoms with Crippen molar-refractivity contribution in [3.63, 3.8) is 0 Å². The minimum Gasteiger partial charge on any atom is -0.464 e. The maximum absolute atomic E-state index is 11.9. The second-order valence-electron chi connectivity index (χ2n) is 3.50. The van der Waals surface area contributed by atoms with Crippen molar-refractivity contribution in [2.24, 2.45) is 0 Å². The van der Waals surface area contributed by atoms with Crippen molar-refractivity contribution < 1.29 is 9.21 Å². The Kier molecular flexibility index (Phi) is 3.07. The van der Waals surface area contributed by atoms with Crippen LogP contribution in [-0.2, 0) is 0 Å². The van der Waals surface area contributed by atoms with Crippen LogP contribution >= 0.6 is 0 Å². The molecule has 2 heteroatoms. The van der Waals surface area contributed by atoms with Gasteiger partial charge < -0.3 is 4.42 Å². The number of Topliss-reactive ketones (excluding diaryl/α,β-unsaturated/α-hetero) is 1. The van der Waals surface area contributed by atoms with E-state index in [4.69, 9.17) is 4.42 Å². The zero-order valence-corrected chi connectivity index (χ0v) is 9.12. The minimum absolute atomic E-state index is 0.0905. The zero-order valence-electron chi connectivity index (χ0n) is 9.12. The molecule has 0 radical (unpaired) electrons. The minimum atomic E-state index is 0.0905. The number of fused-ring (bicyclic) bond motifs is 1. The third-order valence-electron chi connectivity index (χ3n) is 2.44. The molecule has 0 spiro atoms. The maximum atomic E-state index is 11.9. The van der Waals surface area contributed by atoms with Crippen LogP contribution in [0.15, 0.2) is 34.9 Å². The maximum Gasteiger partial charge on any atom is 0.167 e. The summed E-state index contributed by atoms with van der Waals surface area (Å²) in [6.45, 7) is 1.78. The van der Waals surface area contributed by atoms with Crippen LogP contribution in [0.3, 0.4) is 0 Å². The number of carbonyl (C=O) groups is 1. The standard InChI is InChI=1S/C14H12O2/c1-2-3-4-8-13(15)12-10-16-14-9-6-5-7-11(12)14/h5-7,9-10H,4,8H2,1H3. The Morgan fingerprint density at radius 3 is 3.00 bits per heavy atom. The van der Waals surface area contributed by atoms with E-state index in [0.717, 1.165) is 11.0 Å². The quantitative estimate of drug-likeness (QED) is 0.576. The lowest BCUT2D eigenvalue weighted by molar-refractivity contribution is 0.0985. The fourth-order valence-electron chi connectivity index (χ4n) is 1.63. The summed E-state index contributed by atoms with van der Waals surface area (Å²) in [5, 5.41) is 0.886. The van der Waals surface area contributed by atoms with Gasteiger partial charge in [0.2, 0.25) is 0 Å². The predicted octanol–water partition coefficient (Wildman–Crippen LogP) is 3.42. The number of ketones is 1. The molecular formula is C14H12O2. The van der Waals surface area contributed by atoms with E-state index in [9.17, 15) is 4.79 Å². The van der Waals surface area contributed by atoms with E-state index in [0.29, 0.717) is 18.4 Å². The molecule has 0 aliphatic carbocycles. The van der Waals surface area contributed by atoms with Gasteiger partial charge in [-0.3, -0.25) is 4.79 Å². The van der Waals surface area contributed by atoms with Gasteiger partial charge in [-0.05, 0) is 13.0 Å². The lowest BCUT2D eigenvalue weighted by atomic mass is 10.1. The number of furan rings is 1. The average molecular weight is 212 g/mol. The van der Waals surface area contributed by atoms with Gasteiger partial charge in [0.1, 0.15) is 11.8 Å². The summed E-state index contributed by atoms with van der Waals surface area (Å²) >= 11 is 0. The third-order valence-corrected chi connectivity index (χ3v) is 2.44. The largest absolute Gasteiger partial charge is 0.464 e. The monoisotopic (exact) mass is 212 g/mol. The molecule has 1 aromatic carbocycles. The van der Waals surface area contributed by atoms with Crippen molar-refractivity contribution in [3.8, 4) is 11.8 Å². The first kappa shape index (κ1) is 10.5. The highest BCUT2D eigenvalue weighted by Gasteiger charge is 2.12. The summed E-state index contributed by atoms with van der Waals surface area (Å²) in [6.07, 6.45) is 2.59. The summed E-state index contributed by atoms with van der Waals surface area (Å²) in [5.74, 6) is 5.76. The molecule has 0 aliphatic rings. The van der Waals surface area contributed by atoms with E-state index in [-0.39, 0.29) is 5.78 Å². The van der Waals surface area contributed by atoms with Gasteiger partial charge in [0, 0.05) is 18.2 Å². The molecule has 1 aromatic heterocycles. The highest BCUT2D eigenvalue weighted by atomic mass is 16.3. The normalized spacial score (nSPS) is 9.81. The number of hydrogen-bond donors (Lipinski definition) is 0. The van der Waals surface area contributed by atoms with Crippen LogP contribution in [-0.4, -0.2) is 5.78 Å². The molecule has 0 bridgehead atoms. The number of rotatable bonds is 3. The topological polar surface area (TPSA) is 30.2 Å². The Bertz CT molecular complexity index is 567. The van der Waals surface area contributed by atoms with Crippen LogP contribution in [0.5, 0.6) is 0 Å². The predicted molar refractivity (Wildman–Crippen MR) is 63.2 cm³/mol. The van der Waals surface area contributed by atoms with E-state index in [2.05, 4.69) is 11.8 Å². The SMILES string of the molecule is CC#CCCC(=O)c1coc2ccccc12. The van der Waals surface area contributed by atoms with Crippen molar-refractivity contribution in [2.75, 3.05) is 0 Å². The van der Waals surface area contributed by atoms with Crippen LogP contribution in [0.1, 0.15) is 30.1 Å². The molecule has 0 amide bonds. The van der Waals surface area contributed by atoms with Crippen molar-refractivity contribution in [1.29, 1.82) is 0 Å². The smallest absolute Gasteiger partial charge is 0.167 e. The molecular weight excluding hydrogens is 200 g/mol. The molecule has 1 heterocycles. The molecule has 0 fully saturated rings. The van der Waals surface area contributed by atoms with Gasteiger partial charge in [-0.25, -0.2) is 0 Å². The Balaban J connectivity index is 2.25. The first-order valence-corrected chi connectivity index (χ1v) is 5.22. The molecule has 0 N–H and O–H groups in total. The summed E-state index contributed by atoms with van der Waals surface area (Å²) < 4.78 is 5.32. The molecule has 16 heavy (non-hydrogen) atoms. The van der Waals surface area contributed by atoms with Crippen molar-refractivity contribution in [3.05, 3.63) is 36.1 Å². The molecule has 0 atom stereocenters. The van der Waals surface area contributed by atoms with Gasteiger partial charge in [-0.15, -0.1) is 11.8 Å². The zero-order chi connectivity index (χ0) is 11.4. The number of carbonyl (C=O) groups excluding carboxylic acids is 1. The fourth-order valence-corrected chi connectivity index (χ4v) is 1.63. The number of hydrogen-bond acceptors (Lipinski definition) is 2. The van der Waals surface area contributed by atoms with Gasteiger partial charge in [0.05, 0.1) is 5.56 Å². The summed E-state index contributed by atoms with van der Waals surface area (Å²) in [5.41, 5.74) is 1.42. The Hall–Kier alpha value is -2.01. The van der Waals surface area contributed by atoms with Crippen molar-refractivity contribution in [1.82, 2.24) is 0 Å². The van der Waals surface area contributed by atoms with Gasteiger partial charge in [-0.1, -0.05) is 18.2 Å². The Morgan fingerprint density at radius 2 is 2.19 bits per heavy atom. The third kappa shape index (κ3) is 1.99. The average Bonchev–Trinajstić information content (AvgIpc) is 2.73. The molecule has 2 rings (SSSR count). The van der Waals surface area contributed by atoms with Crippen LogP contribution in [0.25, 0.3) is 11.0 Å². The lowest BCUT2D eigenvalue weighted by Gasteiger charge is -1.94. The van der Waals surface area contributed by atoms with Crippen LogP contribution in [0.4, 0.5) is 0 Å². The second-order valence-corrected chi connectivity index (χ2v) is 3.50. The highest BCUT2D eigenvalue weighted by molar-refractivity contribution is 6.07. The fraction of sp³-hybridized carbons (Fsp3) is 0.214. The molecule has 0 unspecified atom stereocenters. The highest BCUT2D eigenvalue weighted by Crippen LogP contribution is 2.22. The molecule has 0 saturated heterocycles. The first-order valence-electron chi connectivity index (χ1n) is 5.22. The lowest BCUT2D eigenvalue weighted by Crippen LogP contribution is -1.96. The number of para-hydroxylation sites is 1. The van der Waals surface area contributed by atoms with Gasteiger partial charge >= 0.3 is 0 Å². The van der Waals surface area contributed by atoms with E-state index in [1.165, 1.54) is 6.26 Å². The van der Waals surface area contributed by atoms with Crippen LogP contribution < -0.4 is 0 Å². The molecule has 0 aliphatic heterocycles. The van der Waals surface area contributed by atoms with Gasteiger partial charge in [-0.2, -0.15) is 0 Å². The van der Waals surface area contributed by atoms with Gasteiger partial charge in [0.15, 0.2) is 5.78 Å².